The molecule has 0 radical (unpaired) electrons. The van der Waals surface area contributed by atoms with Crippen molar-refractivity contribution in [2.24, 2.45) is 0 Å². The van der Waals surface area contributed by atoms with Gasteiger partial charge in [-0.15, -0.1) is 13.2 Å². The number of benzene rings is 1. The highest BCUT2D eigenvalue weighted by Gasteiger charge is 2.10. The summed E-state index contributed by atoms with van der Waals surface area (Å²) in [4.78, 5) is 10.8. The van der Waals surface area contributed by atoms with E-state index >= 15 is 0 Å². The Morgan fingerprint density at radius 2 is 1.86 bits per heavy atom. The summed E-state index contributed by atoms with van der Waals surface area (Å²) in [6.45, 7) is 7.37. The molecule has 1 aromatic carbocycles. The molecule has 1 rings (SSSR count). The molecule has 1 unspecified atom stereocenters. The van der Waals surface area contributed by atoms with E-state index in [4.69, 9.17) is 9.84 Å². The highest BCUT2D eigenvalue weighted by Crippen LogP contribution is 2.08. The van der Waals surface area contributed by atoms with Crippen molar-refractivity contribution in [3.8, 4) is 5.75 Å². The number of para-hydroxylation sites is 1. The third-order valence-corrected chi connectivity index (χ3v) is 1.30. The van der Waals surface area contributed by atoms with Gasteiger partial charge in [0.2, 0.25) is 0 Å². The fraction of sp³-hybridized carbons (Fsp3) is 0.182. The highest BCUT2D eigenvalue weighted by atomic mass is 16.5. The smallest absolute Gasteiger partial charge is 0.340 e. The molecule has 1 aromatic rings. The second kappa shape index (κ2) is 6.86. The number of rotatable bonds is 2. The summed E-state index contributed by atoms with van der Waals surface area (Å²) in [7, 11) is 0. The minimum Gasteiger partial charge on any atom is -0.425 e. The van der Waals surface area contributed by atoms with Crippen LogP contribution >= 0.6 is 0 Å². The molecule has 0 aliphatic rings. The molecule has 0 heterocycles. The number of ether oxygens (including phenoxy) is 1. The van der Waals surface area contributed by atoms with Crippen molar-refractivity contribution in [1.82, 2.24) is 0 Å². The zero-order chi connectivity index (χ0) is 11.0. The molecule has 3 nitrogen and oxygen atoms in total. The Balaban J connectivity index is 0.000000791. The average Bonchev–Trinajstić information content (AvgIpc) is 2.22. The first-order valence-electron chi connectivity index (χ1n) is 4.15. The molecule has 3 heteroatoms. The van der Waals surface area contributed by atoms with E-state index in [1.807, 2.05) is 6.07 Å². The van der Waals surface area contributed by atoms with Crippen LogP contribution in [0.5, 0.6) is 5.75 Å². The van der Waals surface area contributed by atoms with Crippen LogP contribution in [0.3, 0.4) is 0 Å². The molecule has 0 spiro atoms. The van der Waals surface area contributed by atoms with Gasteiger partial charge in [-0.3, -0.25) is 0 Å². The molecule has 76 valence electrons. The SMILES string of the molecule is C=C.CC(O)C(=O)Oc1ccccc1. The molecule has 0 aliphatic heterocycles. The van der Waals surface area contributed by atoms with Gasteiger partial charge in [0.15, 0.2) is 0 Å². The van der Waals surface area contributed by atoms with Gasteiger partial charge < -0.3 is 9.84 Å². The van der Waals surface area contributed by atoms with Gasteiger partial charge in [-0.2, -0.15) is 0 Å². The second-order valence-corrected chi connectivity index (χ2v) is 2.41. The van der Waals surface area contributed by atoms with Crippen LogP contribution in [0.1, 0.15) is 6.92 Å². The van der Waals surface area contributed by atoms with Crippen molar-refractivity contribution in [3.05, 3.63) is 43.5 Å². The molecule has 14 heavy (non-hydrogen) atoms. The first kappa shape index (κ1) is 12.4. The predicted molar refractivity (Wildman–Crippen MR) is 55.0 cm³/mol. The third kappa shape index (κ3) is 4.42. The summed E-state index contributed by atoms with van der Waals surface area (Å²) in [6.07, 6.45) is -1.08. The number of carbonyl (C=O) groups is 1. The lowest BCUT2D eigenvalue weighted by molar-refractivity contribution is -0.142. The second-order valence-electron chi connectivity index (χ2n) is 2.41. The standard InChI is InChI=1S/C9H10O3.C2H4/c1-7(10)9(11)12-8-5-3-2-4-6-8;1-2/h2-7,10H,1H3;1-2H2. The van der Waals surface area contributed by atoms with E-state index in [9.17, 15) is 4.79 Å². The molecule has 1 atom stereocenters. The number of esters is 1. The molecule has 1 N–H and O–H groups in total. The minimum absolute atomic E-state index is 0.448. The molecule has 0 aromatic heterocycles. The quantitative estimate of drug-likeness (QED) is 0.443. The number of aliphatic hydroxyl groups is 1. The lowest BCUT2D eigenvalue weighted by Gasteiger charge is -2.04. The maximum Gasteiger partial charge on any atom is 0.340 e. The normalized spacial score (nSPS) is 10.7. The fourth-order valence-electron chi connectivity index (χ4n) is 0.690. The molecule has 0 saturated heterocycles. The van der Waals surface area contributed by atoms with Crippen LogP contribution in [0, 0.1) is 0 Å². The summed E-state index contributed by atoms with van der Waals surface area (Å²) in [5.74, 6) is -0.190. The highest BCUT2D eigenvalue weighted by molar-refractivity contribution is 5.76. The molecule has 0 bridgehead atoms. The van der Waals surface area contributed by atoms with Gasteiger partial charge in [0.1, 0.15) is 11.9 Å². The monoisotopic (exact) mass is 194 g/mol. The van der Waals surface area contributed by atoms with Crippen molar-refractivity contribution < 1.29 is 14.6 Å². The number of hydrogen-bond donors (Lipinski definition) is 1. The van der Waals surface area contributed by atoms with Crippen LogP contribution < -0.4 is 4.74 Å². The first-order chi connectivity index (χ1) is 6.70. The van der Waals surface area contributed by atoms with E-state index < -0.39 is 12.1 Å². The Kier molecular flexibility index (Phi) is 6.07. The molecule has 0 saturated carbocycles. The molecule has 0 aliphatic carbocycles. The zero-order valence-corrected chi connectivity index (χ0v) is 8.14. The topological polar surface area (TPSA) is 46.5 Å². The molecular formula is C11H14O3. The van der Waals surface area contributed by atoms with E-state index in [1.165, 1.54) is 6.92 Å². The average molecular weight is 194 g/mol. The van der Waals surface area contributed by atoms with Gasteiger partial charge in [0.25, 0.3) is 0 Å². The van der Waals surface area contributed by atoms with Crippen molar-refractivity contribution in [3.63, 3.8) is 0 Å². The summed E-state index contributed by atoms with van der Waals surface area (Å²) in [5.41, 5.74) is 0. The van der Waals surface area contributed by atoms with Gasteiger partial charge in [0.05, 0.1) is 0 Å². The Bertz CT molecular complexity index is 267. The van der Waals surface area contributed by atoms with E-state index in [2.05, 4.69) is 13.2 Å². The Morgan fingerprint density at radius 1 is 1.36 bits per heavy atom. The van der Waals surface area contributed by atoms with Gasteiger partial charge >= 0.3 is 5.97 Å². The van der Waals surface area contributed by atoms with Gasteiger partial charge in [-0.25, -0.2) is 4.79 Å². The summed E-state index contributed by atoms with van der Waals surface area (Å²) < 4.78 is 4.79. The van der Waals surface area contributed by atoms with Crippen LogP contribution in [0.4, 0.5) is 0 Å². The lowest BCUT2D eigenvalue weighted by atomic mass is 10.3. The van der Waals surface area contributed by atoms with E-state index in [1.54, 1.807) is 24.3 Å². The Hall–Kier alpha value is -1.61. The Morgan fingerprint density at radius 3 is 2.29 bits per heavy atom. The predicted octanol–water partition coefficient (Wildman–Crippen LogP) is 1.77. The maximum atomic E-state index is 10.8. The third-order valence-electron chi connectivity index (χ3n) is 1.30. The van der Waals surface area contributed by atoms with Crippen molar-refractivity contribution in [2.45, 2.75) is 13.0 Å². The van der Waals surface area contributed by atoms with Gasteiger partial charge in [-0.05, 0) is 19.1 Å². The van der Waals surface area contributed by atoms with Crippen LogP contribution in [0.2, 0.25) is 0 Å². The first-order valence-corrected chi connectivity index (χ1v) is 4.15. The Labute approximate surface area is 83.6 Å². The van der Waals surface area contributed by atoms with Crippen molar-refractivity contribution >= 4 is 5.97 Å². The van der Waals surface area contributed by atoms with Crippen LogP contribution in [-0.4, -0.2) is 17.2 Å². The fourth-order valence-corrected chi connectivity index (χ4v) is 0.690. The van der Waals surface area contributed by atoms with Crippen LogP contribution in [0.25, 0.3) is 0 Å². The summed E-state index contributed by atoms with van der Waals surface area (Å²) in [5, 5.41) is 8.81. The van der Waals surface area contributed by atoms with Gasteiger partial charge in [-0.1, -0.05) is 18.2 Å². The molecular weight excluding hydrogens is 180 g/mol. The number of hydrogen-bond acceptors (Lipinski definition) is 3. The van der Waals surface area contributed by atoms with Crippen molar-refractivity contribution in [1.29, 1.82) is 0 Å². The number of aliphatic hydroxyl groups excluding tert-OH is 1. The lowest BCUT2D eigenvalue weighted by Crippen LogP contribution is -2.21. The van der Waals surface area contributed by atoms with E-state index in [0.717, 1.165) is 0 Å². The molecule has 0 fully saturated rings. The number of carbonyl (C=O) groups excluding carboxylic acids is 1. The van der Waals surface area contributed by atoms with Crippen molar-refractivity contribution in [2.75, 3.05) is 0 Å². The minimum atomic E-state index is -1.08. The van der Waals surface area contributed by atoms with Gasteiger partial charge in [0, 0.05) is 0 Å². The molecule has 0 amide bonds. The van der Waals surface area contributed by atoms with E-state index in [-0.39, 0.29) is 0 Å². The zero-order valence-electron chi connectivity index (χ0n) is 8.14. The summed E-state index contributed by atoms with van der Waals surface area (Å²) in [6, 6.07) is 8.63. The summed E-state index contributed by atoms with van der Waals surface area (Å²) >= 11 is 0. The van der Waals surface area contributed by atoms with Crippen LogP contribution in [0.15, 0.2) is 43.5 Å². The van der Waals surface area contributed by atoms with Crippen LogP contribution in [-0.2, 0) is 4.79 Å². The maximum absolute atomic E-state index is 10.8. The largest absolute Gasteiger partial charge is 0.425 e. The van der Waals surface area contributed by atoms with E-state index in [0.29, 0.717) is 5.75 Å².